The van der Waals surface area contributed by atoms with Crippen LogP contribution in [0.5, 0.6) is 0 Å². The van der Waals surface area contributed by atoms with Crippen molar-refractivity contribution in [1.82, 2.24) is 4.98 Å². The Bertz CT molecular complexity index is 2520. The molecule has 0 saturated carbocycles. The number of nitrogens with one attached hydrogen (secondary N) is 1. The monoisotopic (exact) mass is 686 g/mol. The van der Waals surface area contributed by atoms with Crippen LogP contribution in [0.15, 0.2) is 172 Å². The average Bonchev–Trinajstić information content (AvgIpc) is 3.99. The van der Waals surface area contributed by atoms with Gasteiger partial charge in [-0.1, -0.05) is 119 Å². The van der Waals surface area contributed by atoms with Gasteiger partial charge in [0.05, 0.1) is 28.5 Å². The van der Waals surface area contributed by atoms with E-state index in [9.17, 15) is 5.11 Å². The van der Waals surface area contributed by atoms with E-state index in [1.807, 2.05) is 12.3 Å². The lowest BCUT2D eigenvalue weighted by Gasteiger charge is -2.19. The van der Waals surface area contributed by atoms with E-state index in [4.69, 9.17) is 15.0 Å². The highest BCUT2D eigenvalue weighted by Crippen LogP contribution is 2.39. The summed E-state index contributed by atoms with van der Waals surface area (Å²) in [4.78, 5) is 19.5. The molecule has 5 aromatic rings. The van der Waals surface area contributed by atoms with E-state index >= 15 is 0 Å². The second-order valence-electron chi connectivity index (χ2n) is 14.2. The molecule has 1 atom stereocenters. The Balaban J connectivity index is 1.39. The summed E-state index contributed by atoms with van der Waals surface area (Å²) < 4.78 is 0. The number of aromatic amines is 1. The first-order valence-corrected chi connectivity index (χ1v) is 18.0. The first-order chi connectivity index (χ1) is 25.8. The summed E-state index contributed by atoms with van der Waals surface area (Å²) in [6, 6.07) is 38.2. The van der Waals surface area contributed by atoms with Crippen LogP contribution < -0.4 is 10.7 Å². The van der Waals surface area contributed by atoms with Gasteiger partial charge in [-0.2, -0.15) is 0 Å². The third kappa shape index (κ3) is 5.85. The minimum atomic E-state index is -1.01. The van der Waals surface area contributed by atoms with Crippen molar-refractivity contribution in [2.24, 2.45) is 15.0 Å². The minimum Gasteiger partial charge on any atom is -0.382 e. The third-order valence-electron chi connectivity index (χ3n) is 10.3. The Morgan fingerprint density at radius 2 is 0.830 bits per heavy atom. The van der Waals surface area contributed by atoms with Crippen molar-refractivity contribution >= 4 is 39.4 Å². The molecule has 9 rings (SSSR count). The summed E-state index contributed by atoms with van der Waals surface area (Å²) in [6.07, 6.45) is 9.07. The fourth-order valence-electron chi connectivity index (χ4n) is 7.45. The Kier molecular flexibility index (Phi) is 7.94. The maximum atomic E-state index is 12.4. The number of fused-ring (bicyclic) bond motifs is 6. The van der Waals surface area contributed by atoms with Crippen molar-refractivity contribution in [1.29, 1.82) is 0 Å². The number of aliphatic hydroxyl groups is 1. The summed E-state index contributed by atoms with van der Waals surface area (Å²) in [6.45, 7) is 8.36. The van der Waals surface area contributed by atoms with Crippen molar-refractivity contribution in [3.63, 3.8) is 0 Å². The summed E-state index contributed by atoms with van der Waals surface area (Å²) in [5, 5.41) is 14.3. The van der Waals surface area contributed by atoms with E-state index in [-0.39, 0.29) is 0 Å². The molecule has 0 radical (unpaired) electrons. The average molecular weight is 687 g/mol. The summed E-state index contributed by atoms with van der Waals surface area (Å²) >= 11 is 0. The lowest BCUT2D eigenvalue weighted by atomic mass is 9.88. The highest BCUT2D eigenvalue weighted by atomic mass is 16.3. The van der Waals surface area contributed by atoms with Gasteiger partial charge in [0.25, 0.3) is 0 Å². The van der Waals surface area contributed by atoms with Gasteiger partial charge in [0.1, 0.15) is 6.10 Å². The molecule has 0 fully saturated rings. The number of aliphatic hydroxyl groups excluding tert-OH is 1. The van der Waals surface area contributed by atoms with Gasteiger partial charge in [0.15, 0.2) is 0 Å². The number of aryl methyl sites for hydroxylation is 4. The highest BCUT2D eigenvalue weighted by molar-refractivity contribution is 6.34. The van der Waals surface area contributed by atoms with E-state index in [1.165, 1.54) is 11.1 Å². The largest absolute Gasteiger partial charge is 0.382 e. The Morgan fingerprint density at radius 1 is 0.453 bits per heavy atom. The molecule has 53 heavy (non-hydrogen) atoms. The van der Waals surface area contributed by atoms with Crippen molar-refractivity contribution in [3.05, 3.63) is 212 Å². The Labute approximate surface area is 309 Å². The Morgan fingerprint density at radius 3 is 1.26 bits per heavy atom. The SMILES string of the molecule is Cc1ccc(C2=C3C=CC(=N3)C(c3ccc(C)cc3)=c3ccc([nH]3)=C(c3ccc(C)cc3)C3=NC(=C(c4ccc(C)cc4)C4=NC=C2C4O)C=C3)cc1. The van der Waals surface area contributed by atoms with Gasteiger partial charge in [0.2, 0.25) is 0 Å². The van der Waals surface area contributed by atoms with E-state index in [0.717, 1.165) is 89.2 Å². The number of benzene rings is 4. The number of nitrogens with zero attached hydrogens (tertiary/aromatic N) is 3. The zero-order valence-corrected chi connectivity index (χ0v) is 30.1. The van der Waals surface area contributed by atoms with Crippen LogP contribution in [0.1, 0.15) is 44.5 Å². The third-order valence-corrected chi connectivity index (χ3v) is 10.3. The minimum absolute atomic E-state index is 0.558. The van der Waals surface area contributed by atoms with Crippen LogP contribution in [0.25, 0.3) is 22.3 Å². The van der Waals surface area contributed by atoms with Crippen LogP contribution in [0, 0.1) is 27.7 Å². The van der Waals surface area contributed by atoms with E-state index in [2.05, 4.69) is 160 Å². The number of rotatable bonds is 4. The fraction of sp³-hybridized carbons (Fsp3) is 0.104. The summed E-state index contributed by atoms with van der Waals surface area (Å²) in [7, 11) is 0. The number of hydrogen-bond acceptors (Lipinski definition) is 4. The molecule has 0 amide bonds. The van der Waals surface area contributed by atoms with Crippen molar-refractivity contribution < 1.29 is 5.11 Å². The van der Waals surface area contributed by atoms with Crippen molar-refractivity contribution in [2.45, 2.75) is 33.8 Å². The number of allylic oxidation sites excluding steroid dienone is 4. The normalized spacial score (nSPS) is 17.8. The molecular weight excluding hydrogens is 649 g/mol. The smallest absolute Gasteiger partial charge is 0.124 e. The topological polar surface area (TPSA) is 73.1 Å². The van der Waals surface area contributed by atoms with Crippen molar-refractivity contribution in [3.8, 4) is 0 Å². The summed E-state index contributed by atoms with van der Waals surface area (Å²) in [5.74, 6) is 0. The maximum absolute atomic E-state index is 12.4. The van der Waals surface area contributed by atoms with Gasteiger partial charge >= 0.3 is 0 Å². The maximum Gasteiger partial charge on any atom is 0.124 e. The van der Waals surface area contributed by atoms with Gasteiger partial charge in [-0.05, 0) is 86.4 Å². The van der Waals surface area contributed by atoms with E-state index < -0.39 is 6.10 Å². The molecule has 4 aliphatic rings. The van der Waals surface area contributed by atoms with Gasteiger partial charge in [-0.15, -0.1) is 0 Å². The molecule has 2 N–H and O–H groups in total. The molecule has 0 aliphatic carbocycles. The molecule has 8 bridgehead atoms. The molecule has 0 saturated heterocycles. The van der Waals surface area contributed by atoms with Gasteiger partial charge in [-0.25, -0.2) is 9.98 Å². The molecule has 4 aromatic carbocycles. The van der Waals surface area contributed by atoms with Crippen LogP contribution in [0.2, 0.25) is 0 Å². The first-order valence-electron chi connectivity index (χ1n) is 18.0. The number of aromatic nitrogens is 1. The molecule has 1 aromatic heterocycles. The molecule has 5 heteroatoms. The molecule has 0 spiro atoms. The molecule has 5 heterocycles. The zero-order valence-electron chi connectivity index (χ0n) is 30.1. The Hall–Kier alpha value is -6.43. The van der Waals surface area contributed by atoms with Gasteiger partial charge < -0.3 is 10.1 Å². The first kappa shape index (κ1) is 32.5. The van der Waals surface area contributed by atoms with Gasteiger partial charge in [-0.3, -0.25) is 4.99 Å². The lowest BCUT2D eigenvalue weighted by Crippen LogP contribution is -2.23. The molecule has 1 unspecified atom stereocenters. The van der Waals surface area contributed by atoms with Gasteiger partial charge in [0, 0.05) is 44.8 Å². The van der Waals surface area contributed by atoms with Crippen molar-refractivity contribution in [2.75, 3.05) is 0 Å². The zero-order chi connectivity index (χ0) is 36.2. The standard InChI is InChI=1S/C48H38N4O/c1-28-5-13-32(14-6-28)43-36-27-49-47(48(36)53)46(35-19-11-31(4)12-20-35)42-26-25-41(52-42)45(34-17-9-30(3)10-18-34)40-24-23-39(51-40)44(38-22-21-37(43)50-38)33-15-7-29(2)8-16-33/h5-27,48,51,53H,1-4H3. The predicted octanol–water partition coefficient (Wildman–Crippen LogP) is 8.20. The highest BCUT2D eigenvalue weighted by Gasteiger charge is 2.33. The van der Waals surface area contributed by atoms with E-state index in [0.29, 0.717) is 11.3 Å². The number of hydrogen-bond donors (Lipinski definition) is 2. The molecule has 5 nitrogen and oxygen atoms in total. The molecule has 256 valence electrons. The lowest BCUT2D eigenvalue weighted by molar-refractivity contribution is 0.286. The van der Waals surface area contributed by atoms with Crippen LogP contribution in [-0.4, -0.2) is 33.3 Å². The molecular formula is C48H38N4O. The second-order valence-corrected chi connectivity index (χ2v) is 14.2. The molecule has 4 aliphatic heterocycles. The van der Waals surface area contributed by atoms with Crippen LogP contribution >= 0.6 is 0 Å². The van der Waals surface area contributed by atoms with Crippen LogP contribution in [-0.2, 0) is 0 Å². The predicted molar refractivity (Wildman–Crippen MR) is 218 cm³/mol. The van der Waals surface area contributed by atoms with Crippen LogP contribution in [0.4, 0.5) is 0 Å². The number of aliphatic imine (C=N–C) groups is 3. The second kappa shape index (κ2) is 13.0. The summed E-state index contributed by atoms with van der Waals surface area (Å²) in [5.41, 5.74) is 16.8. The quantitative estimate of drug-likeness (QED) is 0.197. The van der Waals surface area contributed by atoms with Crippen LogP contribution in [0.3, 0.4) is 0 Å². The fourth-order valence-corrected chi connectivity index (χ4v) is 7.45. The number of H-pyrrole nitrogens is 1. The van der Waals surface area contributed by atoms with E-state index in [1.54, 1.807) is 0 Å².